The monoisotopic (exact) mass is 218 g/mol. The van der Waals surface area contributed by atoms with E-state index in [0.717, 1.165) is 0 Å². The Kier molecular flexibility index (Phi) is 3.26. The minimum Gasteiger partial charge on any atom is -0.299 e. The highest BCUT2D eigenvalue weighted by atomic mass is 19.3. The van der Waals surface area contributed by atoms with E-state index in [9.17, 15) is 18.4 Å². The normalized spacial score (nSPS) is 32.9. The molecule has 4 heteroatoms. The molecular weight excluding hydrogens is 202 g/mol. The summed E-state index contributed by atoms with van der Waals surface area (Å²) in [5, 5.41) is 0. The van der Waals surface area contributed by atoms with E-state index in [4.69, 9.17) is 0 Å². The summed E-state index contributed by atoms with van der Waals surface area (Å²) in [5.74, 6) is -6.10. The van der Waals surface area contributed by atoms with Crippen LogP contribution in [0.5, 0.6) is 0 Å². The standard InChI is InChI=1S/C11H16F2O2/c1-6-4-7(2)9(8(14)5-6)10(15)11(3,12)13/h6-7,9H,4-5H2,1-3H3. The predicted octanol–water partition coefficient (Wildman–Crippen LogP) is 2.46. The van der Waals surface area contributed by atoms with E-state index in [1.54, 1.807) is 6.92 Å². The number of hydrogen-bond donors (Lipinski definition) is 0. The minimum absolute atomic E-state index is 0.196. The molecule has 0 N–H and O–H groups in total. The van der Waals surface area contributed by atoms with Gasteiger partial charge in [-0.3, -0.25) is 9.59 Å². The second-order valence-electron chi connectivity index (χ2n) is 4.72. The van der Waals surface area contributed by atoms with E-state index in [1.165, 1.54) is 0 Å². The zero-order valence-corrected chi connectivity index (χ0v) is 9.22. The van der Waals surface area contributed by atoms with Gasteiger partial charge in [0, 0.05) is 13.3 Å². The smallest absolute Gasteiger partial charge is 0.299 e. The number of carbonyl (C=O) groups excluding carboxylic acids is 2. The highest BCUT2D eigenvalue weighted by Crippen LogP contribution is 2.34. The molecular formula is C11H16F2O2. The zero-order valence-electron chi connectivity index (χ0n) is 9.22. The summed E-state index contributed by atoms with van der Waals surface area (Å²) in [6.45, 7) is 4.16. The molecule has 0 aromatic carbocycles. The van der Waals surface area contributed by atoms with Crippen LogP contribution in [0.4, 0.5) is 8.78 Å². The predicted molar refractivity (Wildman–Crippen MR) is 51.7 cm³/mol. The van der Waals surface area contributed by atoms with E-state index in [1.807, 2.05) is 6.92 Å². The van der Waals surface area contributed by atoms with E-state index in [2.05, 4.69) is 0 Å². The number of Topliss-reactive ketones (excluding diaryl/α,β-unsaturated/α-hetero) is 2. The second kappa shape index (κ2) is 3.99. The van der Waals surface area contributed by atoms with Crippen LogP contribution in [-0.2, 0) is 9.59 Å². The van der Waals surface area contributed by atoms with Crippen molar-refractivity contribution in [2.75, 3.05) is 0 Å². The van der Waals surface area contributed by atoms with Crippen molar-refractivity contribution in [1.29, 1.82) is 0 Å². The molecule has 1 saturated carbocycles. The zero-order chi connectivity index (χ0) is 11.8. The summed E-state index contributed by atoms with van der Waals surface area (Å²) in [7, 11) is 0. The highest BCUT2D eigenvalue weighted by Gasteiger charge is 2.46. The Balaban J connectivity index is 2.85. The maximum atomic E-state index is 12.8. The molecule has 2 nitrogen and oxygen atoms in total. The van der Waals surface area contributed by atoms with E-state index >= 15 is 0 Å². The molecule has 1 rings (SSSR count). The van der Waals surface area contributed by atoms with Gasteiger partial charge in [-0.15, -0.1) is 0 Å². The highest BCUT2D eigenvalue weighted by molar-refractivity contribution is 6.05. The van der Waals surface area contributed by atoms with Gasteiger partial charge in [0.2, 0.25) is 5.78 Å². The fourth-order valence-electron chi connectivity index (χ4n) is 2.32. The number of rotatable bonds is 2. The molecule has 0 spiro atoms. The van der Waals surface area contributed by atoms with Crippen LogP contribution in [0.25, 0.3) is 0 Å². The van der Waals surface area contributed by atoms with E-state index in [-0.39, 0.29) is 24.0 Å². The lowest BCUT2D eigenvalue weighted by molar-refractivity contribution is -0.153. The average Bonchev–Trinajstić information content (AvgIpc) is 1.99. The minimum atomic E-state index is -3.39. The number of carbonyl (C=O) groups is 2. The number of hydrogen-bond acceptors (Lipinski definition) is 2. The van der Waals surface area contributed by atoms with Crippen LogP contribution in [0.1, 0.15) is 33.6 Å². The van der Waals surface area contributed by atoms with Gasteiger partial charge >= 0.3 is 5.92 Å². The molecule has 0 bridgehead atoms. The van der Waals surface area contributed by atoms with Crippen LogP contribution in [0.15, 0.2) is 0 Å². The molecule has 1 aliphatic rings. The van der Waals surface area contributed by atoms with Crippen molar-refractivity contribution in [2.24, 2.45) is 17.8 Å². The topological polar surface area (TPSA) is 34.1 Å². The second-order valence-corrected chi connectivity index (χ2v) is 4.72. The molecule has 0 heterocycles. The summed E-state index contributed by atoms with van der Waals surface area (Å²) in [5.41, 5.74) is 0. The molecule has 0 aromatic heterocycles. The van der Waals surface area contributed by atoms with Crippen molar-refractivity contribution in [3.8, 4) is 0 Å². The Morgan fingerprint density at radius 1 is 1.40 bits per heavy atom. The first-order valence-corrected chi connectivity index (χ1v) is 5.18. The Hall–Kier alpha value is -0.800. The van der Waals surface area contributed by atoms with Gasteiger partial charge in [-0.05, 0) is 18.3 Å². The molecule has 0 saturated heterocycles. The maximum Gasteiger partial charge on any atom is 0.303 e. The molecule has 15 heavy (non-hydrogen) atoms. The molecule has 0 amide bonds. The van der Waals surface area contributed by atoms with Gasteiger partial charge in [-0.2, -0.15) is 8.78 Å². The first kappa shape index (κ1) is 12.3. The van der Waals surface area contributed by atoms with Gasteiger partial charge in [0.15, 0.2) is 0 Å². The van der Waals surface area contributed by atoms with Crippen LogP contribution in [0.3, 0.4) is 0 Å². The Labute approximate surface area is 88.0 Å². The molecule has 86 valence electrons. The molecule has 3 unspecified atom stereocenters. The van der Waals surface area contributed by atoms with Gasteiger partial charge < -0.3 is 0 Å². The molecule has 3 atom stereocenters. The first-order valence-electron chi connectivity index (χ1n) is 5.18. The lowest BCUT2D eigenvalue weighted by Crippen LogP contribution is -2.43. The van der Waals surface area contributed by atoms with Crippen molar-refractivity contribution in [1.82, 2.24) is 0 Å². The molecule has 1 aliphatic carbocycles. The van der Waals surface area contributed by atoms with Crippen LogP contribution in [0.2, 0.25) is 0 Å². The fourth-order valence-corrected chi connectivity index (χ4v) is 2.32. The average molecular weight is 218 g/mol. The van der Waals surface area contributed by atoms with E-state index in [0.29, 0.717) is 13.3 Å². The molecule has 0 aliphatic heterocycles. The molecule has 0 aromatic rings. The van der Waals surface area contributed by atoms with Gasteiger partial charge in [-0.1, -0.05) is 13.8 Å². The third-order valence-electron chi connectivity index (χ3n) is 2.95. The number of ketones is 2. The third kappa shape index (κ3) is 2.61. The summed E-state index contributed by atoms with van der Waals surface area (Å²) >= 11 is 0. The Bertz CT molecular complexity index is 281. The van der Waals surface area contributed by atoms with Crippen molar-refractivity contribution >= 4 is 11.6 Å². The lowest BCUT2D eigenvalue weighted by Gasteiger charge is -2.31. The van der Waals surface area contributed by atoms with Crippen LogP contribution < -0.4 is 0 Å². The van der Waals surface area contributed by atoms with E-state index < -0.39 is 17.6 Å². The number of halogens is 2. The van der Waals surface area contributed by atoms with Gasteiger partial charge in [0.1, 0.15) is 5.78 Å². The lowest BCUT2D eigenvalue weighted by atomic mass is 9.72. The Morgan fingerprint density at radius 3 is 2.33 bits per heavy atom. The first-order chi connectivity index (χ1) is 6.73. The van der Waals surface area contributed by atoms with Crippen molar-refractivity contribution < 1.29 is 18.4 Å². The molecule has 0 radical (unpaired) electrons. The molecule has 1 fully saturated rings. The van der Waals surface area contributed by atoms with Crippen molar-refractivity contribution in [3.63, 3.8) is 0 Å². The summed E-state index contributed by atoms with van der Waals surface area (Å²) < 4.78 is 25.7. The van der Waals surface area contributed by atoms with Crippen LogP contribution in [0, 0.1) is 17.8 Å². The quantitative estimate of drug-likeness (QED) is 0.667. The summed E-state index contributed by atoms with van der Waals surface area (Å²) in [4.78, 5) is 22.9. The van der Waals surface area contributed by atoms with Gasteiger partial charge in [0.05, 0.1) is 5.92 Å². The van der Waals surface area contributed by atoms with Crippen LogP contribution >= 0.6 is 0 Å². The van der Waals surface area contributed by atoms with Gasteiger partial charge in [0.25, 0.3) is 0 Å². The van der Waals surface area contributed by atoms with Gasteiger partial charge in [-0.25, -0.2) is 0 Å². The SMILES string of the molecule is CC1CC(=O)C(C(=O)C(C)(F)F)C(C)C1. The van der Waals surface area contributed by atoms with Crippen molar-refractivity contribution in [2.45, 2.75) is 39.5 Å². The maximum absolute atomic E-state index is 12.8. The fraction of sp³-hybridized carbons (Fsp3) is 0.818. The summed E-state index contributed by atoms with van der Waals surface area (Å²) in [6, 6.07) is 0. The Morgan fingerprint density at radius 2 is 1.93 bits per heavy atom. The summed E-state index contributed by atoms with van der Waals surface area (Å²) in [6.07, 6.45) is 0.912. The third-order valence-corrected chi connectivity index (χ3v) is 2.95. The number of alkyl halides is 2. The largest absolute Gasteiger partial charge is 0.303 e. The van der Waals surface area contributed by atoms with Crippen LogP contribution in [-0.4, -0.2) is 17.5 Å². The van der Waals surface area contributed by atoms with Crippen molar-refractivity contribution in [3.05, 3.63) is 0 Å².